The van der Waals surface area contributed by atoms with E-state index in [1.165, 1.54) is 0 Å². The van der Waals surface area contributed by atoms with Crippen LogP contribution in [0.25, 0.3) is 0 Å². The second kappa shape index (κ2) is 9.59. The fourth-order valence-corrected chi connectivity index (χ4v) is 3.13. The second-order valence-corrected chi connectivity index (χ2v) is 7.31. The Bertz CT molecular complexity index is 732. The van der Waals surface area contributed by atoms with Gasteiger partial charge in [0.15, 0.2) is 6.54 Å². The molecule has 0 aliphatic rings. The molecular weight excluding hydrogens is 394 g/mol. The normalized spacial score (nSPS) is 11.7. The number of nitrogens with zero attached hydrogens (tertiary/aromatic N) is 1. The predicted octanol–water partition coefficient (Wildman–Crippen LogP) is 2.46. The highest BCUT2D eigenvalue weighted by Crippen LogP contribution is 2.27. The summed E-state index contributed by atoms with van der Waals surface area (Å²) in [5.74, 6) is 0.833. The molecule has 0 radical (unpaired) electrons. The van der Waals surface area contributed by atoms with Crippen LogP contribution in [0.5, 0.6) is 5.75 Å². The molecule has 0 bridgehead atoms. The highest BCUT2D eigenvalue weighted by molar-refractivity contribution is 9.10. The van der Waals surface area contributed by atoms with Gasteiger partial charge in [-0.2, -0.15) is 0 Å². The van der Waals surface area contributed by atoms with Crippen molar-refractivity contribution in [1.82, 2.24) is 5.32 Å². The molecule has 3 N–H and O–H groups in total. The van der Waals surface area contributed by atoms with Crippen molar-refractivity contribution < 1.29 is 14.8 Å². The second-order valence-electron chi connectivity index (χ2n) is 6.46. The number of rotatable bonds is 8. The summed E-state index contributed by atoms with van der Waals surface area (Å²) >= 11 is 3.50. The molecule has 2 aromatic rings. The monoisotopic (exact) mass is 420 g/mol. The summed E-state index contributed by atoms with van der Waals surface area (Å²) < 4.78 is 6.17. The third-order valence-electron chi connectivity index (χ3n) is 4.30. The van der Waals surface area contributed by atoms with Crippen LogP contribution in [-0.2, 0) is 11.3 Å². The molecule has 6 heteroatoms. The van der Waals surface area contributed by atoms with E-state index in [9.17, 15) is 4.79 Å². The number of carbonyl (C=O) groups excluding carboxylic acids is 1. The average Bonchev–Trinajstić information content (AvgIpc) is 2.64. The van der Waals surface area contributed by atoms with Crippen molar-refractivity contribution in [1.29, 1.82) is 0 Å². The van der Waals surface area contributed by atoms with E-state index in [-0.39, 0.29) is 11.9 Å². The van der Waals surface area contributed by atoms with E-state index in [4.69, 9.17) is 4.74 Å². The maximum atomic E-state index is 12.1. The Hall–Kier alpha value is -2.05. The van der Waals surface area contributed by atoms with Crippen LogP contribution >= 0.6 is 15.9 Å². The van der Waals surface area contributed by atoms with Crippen molar-refractivity contribution in [2.45, 2.75) is 19.5 Å². The standard InChI is InChI=1S/C20H26BrN3O2/c1-14(16-7-10-19(26-4)18(21)11-16)22-13-20(25)23-12-15-5-8-17(9-6-15)24(2)3/h5-11,14,22H,12-13H2,1-4H3,(H,23,25)/p+1/t14-/m0/s1. The van der Waals surface area contributed by atoms with Gasteiger partial charge in [0.2, 0.25) is 0 Å². The van der Waals surface area contributed by atoms with E-state index in [0.717, 1.165) is 27.0 Å². The summed E-state index contributed by atoms with van der Waals surface area (Å²) in [6, 6.07) is 14.4. The number of anilines is 1. The van der Waals surface area contributed by atoms with Gasteiger partial charge in [-0.1, -0.05) is 12.1 Å². The molecule has 0 heterocycles. The van der Waals surface area contributed by atoms with Gasteiger partial charge in [0.05, 0.1) is 11.6 Å². The van der Waals surface area contributed by atoms with Crippen LogP contribution in [0.1, 0.15) is 24.1 Å². The summed E-state index contributed by atoms with van der Waals surface area (Å²) in [7, 11) is 5.66. The molecule has 0 saturated heterocycles. The minimum Gasteiger partial charge on any atom is -0.496 e. The van der Waals surface area contributed by atoms with Gasteiger partial charge in [0, 0.05) is 31.9 Å². The Kier molecular flexibility index (Phi) is 7.48. The lowest BCUT2D eigenvalue weighted by atomic mass is 10.1. The zero-order valence-electron chi connectivity index (χ0n) is 15.8. The smallest absolute Gasteiger partial charge is 0.275 e. The SMILES string of the molecule is COc1ccc([C@H](C)[NH2+]CC(=O)NCc2ccc(N(C)C)cc2)cc1Br. The first-order chi connectivity index (χ1) is 12.4. The fraction of sp³-hybridized carbons (Fsp3) is 0.350. The number of quaternary nitrogens is 1. The molecule has 0 spiro atoms. The van der Waals surface area contributed by atoms with Gasteiger partial charge in [-0.3, -0.25) is 4.79 Å². The number of nitrogens with two attached hydrogens (primary N) is 1. The number of halogens is 1. The average molecular weight is 421 g/mol. The summed E-state index contributed by atoms with van der Waals surface area (Å²) in [5, 5.41) is 5.00. The Morgan fingerprint density at radius 1 is 1.23 bits per heavy atom. The van der Waals surface area contributed by atoms with Crippen molar-refractivity contribution >= 4 is 27.5 Å². The van der Waals surface area contributed by atoms with Crippen molar-refractivity contribution in [3.05, 3.63) is 58.1 Å². The topological polar surface area (TPSA) is 58.2 Å². The number of nitrogens with one attached hydrogen (secondary N) is 1. The number of amides is 1. The Morgan fingerprint density at radius 2 is 1.92 bits per heavy atom. The number of benzene rings is 2. The van der Waals surface area contributed by atoms with Crippen LogP contribution in [0.3, 0.4) is 0 Å². The van der Waals surface area contributed by atoms with Crippen LogP contribution in [0.15, 0.2) is 46.9 Å². The highest BCUT2D eigenvalue weighted by atomic mass is 79.9. The van der Waals surface area contributed by atoms with Gasteiger partial charge >= 0.3 is 0 Å². The molecule has 0 aliphatic carbocycles. The zero-order valence-corrected chi connectivity index (χ0v) is 17.3. The van der Waals surface area contributed by atoms with Gasteiger partial charge in [0.1, 0.15) is 11.8 Å². The lowest BCUT2D eigenvalue weighted by Gasteiger charge is -2.14. The quantitative estimate of drug-likeness (QED) is 0.689. The van der Waals surface area contributed by atoms with E-state index in [2.05, 4.69) is 45.2 Å². The van der Waals surface area contributed by atoms with Crippen LogP contribution in [0.4, 0.5) is 5.69 Å². The zero-order chi connectivity index (χ0) is 19.1. The molecule has 2 aromatic carbocycles. The van der Waals surface area contributed by atoms with Gasteiger partial charge in [-0.05, 0) is 58.7 Å². The van der Waals surface area contributed by atoms with Crippen molar-refractivity contribution in [2.24, 2.45) is 0 Å². The molecule has 1 amide bonds. The maximum absolute atomic E-state index is 12.1. The van der Waals surface area contributed by atoms with Crippen LogP contribution in [-0.4, -0.2) is 33.7 Å². The number of ether oxygens (including phenoxy) is 1. The third-order valence-corrected chi connectivity index (χ3v) is 4.92. The Labute approximate surface area is 163 Å². The van der Waals surface area contributed by atoms with Crippen molar-refractivity contribution in [3.8, 4) is 5.75 Å². The molecule has 140 valence electrons. The molecule has 0 saturated carbocycles. The maximum Gasteiger partial charge on any atom is 0.275 e. The van der Waals surface area contributed by atoms with E-state index in [1.807, 2.05) is 49.7 Å². The predicted molar refractivity (Wildman–Crippen MR) is 109 cm³/mol. The van der Waals surface area contributed by atoms with Gasteiger partial charge < -0.3 is 20.3 Å². The minimum absolute atomic E-state index is 0.0288. The molecule has 1 atom stereocenters. The third kappa shape index (κ3) is 5.75. The van der Waals surface area contributed by atoms with E-state index in [0.29, 0.717) is 13.1 Å². The molecule has 0 unspecified atom stereocenters. The molecule has 26 heavy (non-hydrogen) atoms. The molecule has 5 nitrogen and oxygen atoms in total. The summed E-state index contributed by atoms with van der Waals surface area (Å²) in [5.41, 5.74) is 3.38. The van der Waals surface area contributed by atoms with E-state index >= 15 is 0 Å². The van der Waals surface area contributed by atoms with Gasteiger partial charge in [-0.15, -0.1) is 0 Å². The van der Waals surface area contributed by atoms with Crippen molar-refractivity contribution in [2.75, 3.05) is 32.6 Å². The summed E-state index contributed by atoms with van der Waals surface area (Å²) in [6.07, 6.45) is 0. The largest absolute Gasteiger partial charge is 0.496 e. The minimum atomic E-state index is 0.0288. The van der Waals surface area contributed by atoms with Crippen LogP contribution in [0.2, 0.25) is 0 Å². The number of methoxy groups -OCH3 is 1. The van der Waals surface area contributed by atoms with Crippen LogP contribution < -0.4 is 20.3 Å². The first kappa shape index (κ1) is 20.3. The Balaban J connectivity index is 1.80. The number of hydrogen-bond acceptors (Lipinski definition) is 3. The summed E-state index contributed by atoms with van der Waals surface area (Å²) in [6.45, 7) is 3.02. The van der Waals surface area contributed by atoms with Crippen molar-refractivity contribution in [3.63, 3.8) is 0 Å². The van der Waals surface area contributed by atoms with Crippen LogP contribution in [0, 0.1) is 0 Å². The highest BCUT2D eigenvalue weighted by Gasteiger charge is 2.13. The fourth-order valence-electron chi connectivity index (χ4n) is 2.57. The Morgan fingerprint density at radius 3 is 2.50 bits per heavy atom. The van der Waals surface area contributed by atoms with Gasteiger partial charge in [0.25, 0.3) is 5.91 Å². The molecule has 0 aromatic heterocycles. The van der Waals surface area contributed by atoms with E-state index < -0.39 is 0 Å². The lowest BCUT2D eigenvalue weighted by Crippen LogP contribution is -2.87. The molecular formula is C20H27BrN3O2+. The first-order valence-corrected chi connectivity index (χ1v) is 9.39. The summed E-state index contributed by atoms with van der Waals surface area (Å²) in [4.78, 5) is 14.2. The molecule has 2 rings (SSSR count). The van der Waals surface area contributed by atoms with Gasteiger partial charge in [-0.25, -0.2) is 0 Å². The lowest BCUT2D eigenvalue weighted by molar-refractivity contribution is -0.682. The number of carbonyl (C=O) groups is 1. The van der Waals surface area contributed by atoms with E-state index in [1.54, 1.807) is 7.11 Å². The number of hydrogen-bond donors (Lipinski definition) is 2. The first-order valence-electron chi connectivity index (χ1n) is 8.60. The molecule has 0 aliphatic heterocycles. The molecule has 0 fully saturated rings.